The van der Waals surface area contributed by atoms with Gasteiger partial charge in [0.1, 0.15) is 0 Å². The molecule has 1 saturated heterocycles. The first-order valence-electron chi connectivity index (χ1n) is 6.55. The van der Waals surface area contributed by atoms with Gasteiger partial charge in [0, 0.05) is 18.7 Å². The molecule has 0 aromatic carbocycles. The third kappa shape index (κ3) is 2.59. The number of nitrogens with one attached hydrogen (secondary N) is 2. The van der Waals surface area contributed by atoms with Gasteiger partial charge < -0.3 is 10.6 Å². The number of carbonyl (C=O) groups is 1. The Balaban J connectivity index is 1.60. The molecule has 2 heterocycles. The van der Waals surface area contributed by atoms with Crippen molar-refractivity contribution < 1.29 is 4.79 Å². The second-order valence-electron chi connectivity index (χ2n) is 5.21. The van der Waals surface area contributed by atoms with Crippen molar-refractivity contribution in [3.63, 3.8) is 0 Å². The van der Waals surface area contributed by atoms with E-state index in [1.807, 2.05) is 11.8 Å². The molecule has 1 aliphatic carbocycles. The van der Waals surface area contributed by atoms with Gasteiger partial charge in [-0.25, -0.2) is 0 Å². The van der Waals surface area contributed by atoms with E-state index in [0.717, 1.165) is 17.6 Å². The summed E-state index contributed by atoms with van der Waals surface area (Å²) in [4.78, 5) is 15.9. The molecule has 17 heavy (non-hydrogen) atoms. The average molecular weight is 253 g/mol. The summed E-state index contributed by atoms with van der Waals surface area (Å²) in [6.45, 7) is 0.743. The van der Waals surface area contributed by atoms with E-state index in [-0.39, 0.29) is 11.9 Å². The van der Waals surface area contributed by atoms with Crippen LogP contribution in [0.3, 0.4) is 0 Å². The maximum absolute atomic E-state index is 11.1. The first-order valence-corrected chi connectivity index (χ1v) is 7.53. The number of aliphatic imine (C=N–C) groups is 1. The molecule has 0 radical (unpaired) electrons. The minimum atomic E-state index is 0.152. The predicted molar refractivity (Wildman–Crippen MR) is 70.2 cm³/mol. The van der Waals surface area contributed by atoms with Gasteiger partial charge >= 0.3 is 0 Å². The summed E-state index contributed by atoms with van der Waals surface area (Å²) < 4.78 is 0. The highest BCUT2D eigenvalue weighted by Crippen LogP contribution is 2.33. The minimum Gasteiger partial charge on any atom is -0.360 e. The minimum absolute atomic E-state index is 0.152. The lowest BCUT2D eigenvalue weighted by molar-refractivity contribution is -0.119. The Morgan fingerprint density at radius 1 is 1.35 bits per heavy atom. The number of thioether (sulfide) groups is 1. The number of carbonyl (C=O) groups excluding carboxylic acids is 1. The van der Waals surface area contributed by atoms with Gasteiger partial charge in [-0.1, -0.05) is 24.6 Å². The standard InChI is InChI=1S/C12H19N3OS/c16-11-5-9(6-13-11)14-12-15-10-4-2-1-3-8(10)7-17-12/h8-10H,1-7H2,(H,13,16)(H,14,15). The van der Waals surface area contributed by atoms with Crippen LogP contribution < -0.4 is 10.6 Å². The van der Waals surface area contributed by atoms with Crippen molar-refractivity contribution >= 4 is 22.8 Å². The topological polar surface area (TPSA) is 53.5 Å². The third-order valence-electron chi connectivity index (χ3n) is 3.89. The van der Waals surface area contributed by atoms with Crippen LogP contribution in [0.4, 0.5) is 0 Å². The van der Waals surface area contributed by atoms with Gasteiger partial charge in [0.15, 0.2) is 5.17 Å². The zero-order valence-corrected chi connectivity index (χ0v) is 10.8. The van der Waals surface area contributed by atoms with Crippen LogP contribution >= 0.6 is 11.8 Å². The zero-order chi connectivity index (χ0) is 11.7. The molecule has 2 aliphatic heterocycles. The van der Waals surface area contributed by atoms with E-state index in [4.69, 9.17) is 4.99 Å². The van der Waals surface area contributed by atoms with Crippen LogP contribution in [-0.4, -0.2) is 35.5 Å². The lowest BCUT2D eigenvalue weighted by atomic mass is 9.86. The van der Waals surface area contributed by atoms with Crippen LogP contribution in [0.25, 0.3) is 0 Å². The maximum Gasteiger partial charge on any atom is 0.222 e. The molecule has 0 aromatic rings. The van der Waals surface area contributed by atoms with Crippen molar-refractivity contribution in [1.29, 1.82) is 0 Å². The molecule has 1 amide bonds. The van der Waals surface area contributed by atoms with E-state index in [1.54, 1.807) is 0 Å². The molecule has 1 saturated carbocycles. The number of fused-ring (bicyclic) bond motifs is 1. The molecule has 4 nitrogen and oxygen atoms in total. The zero-order valence-electron chi connectivity index (χ0n) is 9.95. The quantitative estimate of drug-likeness (QED) is 0.736. The Morgan fingerprint density at radius 2 is 2.24 bits per heavy atom. The van der Waals surface area contributed by atoms with E-state index < -0.39 is 0 Å². The summed E-state index contributed by atoms with van der Waals surface area (Å²) in [5.41, 5.74) is 0. The Labute approximate surface area is 106 Å². The van der Waals surface area contributed by atoms with Crippen molar-refractivity contribution in [2.24, 2.45) is 10.9 Å². The molecule has 2 fully saturated rings. The highest BCUT2D eigenvalue weighted by Gasteiger charge is 2.30. The normalized spacial score (nSPS) is 37.1. The highest BCUT2D eigenvalue weighted by molar-refractivity contribution is 8.13. The summed E-state index contributed by atoms with van der Waals surface area (Å²) >= 11 is 1.84. The molecular formula is C12H19N3OS. The molecule has 5 heteroatoms. The molecule has 94 valence electrons. The lowest BCUT2D eigenvalue weighted by Crippen LogP contribution is -2.40. The second-order valence-corrected chi connectivity index (χ2v) is 6.22. The van der Waals surface area contributed by atoms with Crippen molar-refractivity contribution in [1.82, 2.24) is 10.6 Å². The predicted octanol–water partition coefficient (Wildman–Crippen LogP) is 1.13. The van der Waals surface area contributed by atoms with Crippen LogP contribution in [-0.2, 0) is 4.79 Å². The van der Waals surface area contributed by atoms with E-state index in [1.165, 1.54) is 31.4 Å². The molecule has 3 aliphatic rings. The van der Waals surface area contributed by atoms with Gasteiger partial charge in [-0.3, -0.25) is 9.79 Å². The van der Waals surface area contributed by atoms with Crippen LogP contribution in [0, 0.1) is 5.92 Å². The highest BCUT2D eigenvalue weighted by atomic mass is 32.2. The first kappa shape index (κ1) is 11.4. The van der Waals surface area contributed by atoms with E-state index in [2.05, 4.69) is 10.6 Å². The molecule has 2 N–H and O–H groups in total. The Bertz CT molecular complexity index is 345. The molecule has 3 rings (SSSR count). The number of amides is 1. The maximum atomic E-state index is 11.1. The summed E-state index contributed by atoms with van der Waals surface area (Å²) in [5.74, 6) is 2.15. The van der Waals surface area contributed by atoms with Gasteiger partial charge in [0.2, 0.25) is 5.91 Å². The summed E-state index contributed by atoms with van der Waals surface area (Å²) in [7, 11) is 0. The Morgan fingerprint density at radius 3 is 3.06 bits per heavy atom. The lowest BCUT2D eigenvalue weighted by Gasteiger charge is -2.33. The molecule has 0 aromatic heterocycles. The second kappa shape index (κ2) is 4.88. The van der Waals surface area contributed by atoms with Crippen LogP contribution in [0.2, 0.25) is 0 Å². The fourth-order valence-corrected chi connectivity index (χ4v) is 4.11. The van der Waals surface area contributed by atoms with E-state index >= 15 is 0 Å². The van der Waals surface area contributed by atoms with Gasteiger partial charge in [-0.15, -0.1) is 0 Å². The van der Waals surface area contributed by atoms with Crippen molar-refractivity contribution in [2.45, 2.75) is 44.2 Å². The fourth-order valence-electron chi connectivity index (χ4n) is 2.89. The van der Waals surface area contributed by atoms with Crippen LogP contribution in [0.15, 0.2) is 4.99 Å². The smallest absolute Gasteiger partial charge is 0.222 e. The van der Waals surface area contributed by atoms with E-state index in [0.29, 0.717) is 12.5 Å². The molecule has 3 unspecified atom stereocenters. The van der Waals surface area contributed by atoms with Crippen LogP contribution in [0.1, 0.15) is 32.1 Å². The van der Waals surface area contributed by atoms with Gasteiger partial charge in [0.05, 0.1) is 12.1 Å². The SMILES string of the molecule is O=C1CC(NC2=NC3CCCCC3CS2)CN1. The third-order valence-corrected chi connectivity index (χ3v) is 4.98. The van der Waals surface area contributed by atoms with Gasteiger partial charge in [-0.05, 0) is 18.8 Å². The molecular weight excluding hydrogens is 234 g/mol. The van der Waals surface area contributed by atoms with Gasteiger partial charge in [0.25, 0.3) is 0 Å². The summed E-state index contributed by atoms with van der Waals surface area (Å²) in [6.07, 6.45) is 5.89. The number of amidine groups is 1. The van der Waals surface area contributed by atoms with Crippen molar-refractivity contribution in [2.75, 3.05) is 12.3 Å². The monoisotopic (exact) mass is 253 g/mol. The molecule has 0 spiro atoms. The number of hydrogen-bond acceptors (Lipinski definition) is 4. The Hall–Kier alpha value is -0.710. The number of rotatable bonds is 1. The summed E-state index contributed by atoms with van der Waals surface area (Å²) in [5, 5.41) is 7.33. The molecule has 0 bridgehead atoms. The summed E-state index contributed by atoms with van der Waals surface area (Å²) in [6, 6.07) is 0.784. The fraction of sp³-hybridized carbons (Fsp3) is 0.833. The average Bonchev–Trinajstić information content (AvgIpc) is 2.75. The largest absolute Gasteiger partial charge is 0.360 e. The Kier molecular flexibility index (Phi) is 3.27. The molecule has 3 atom stereocenters. The number of hydrogen-bond donors (Lipinski definition) is 2. The number of nitrogens with zero attached hydrogens (tertiary/aromatic N) is 1. The van der Waals surface area contributed by atoms with Crippen LogP contribution in [0.5, 0.6) is 0 Å². The van der Waals surface area contributed by atoms with Crippen molar-refractivity contribution in [3.8, 4) is 0 Å². The van der Waals surface area contributed by atoms with E-state index in [9.17, 15) is 4.79 Å². The van der Waals surface area contributed by atoms with Crippen molar-refractivity contribution in [3.05, 3.63) is 0 Å². The van der Waals surface area contributed by atoms with Gasteiger partial charge in [-0.2, -0.15) is 0 Å². The first-order chi connectivity index (χ1) is 8.31.